The Morgan fingerprint density at radius 1 is 1.05 bits per heavy atom. The number of likely N-dealkylation sites (N-methyl/N-ethyl adjacent to an activating group) is 1. The zero-order valence-electron chi connectivity index (χ0n) is 35.0. The first kappa shape index (κ1) is 45.0. The molecule has 1 aromatic carbocycles. The number of amides is 1. The molecule has 0 bridgehead atoms. The predicted octanol–water partition coefficient (Wildman–Crippen LogP) is 4.52. The highest BCUT2D eigenvalue weighted by atomic mass is 19.1. The molecule has 3 fully saturated rings. The minimum absolute atomic E-state index is 0.225. The lowest BCUT2D eigenvalue weighted by molar-refractivity contribution is -0.296. The van der Waals surface area contributed by atoms with Gasteiger partial charge in [0.2, 0.25) is 0 Å². The van der Waals surface area contributed by atoms with Gasteiger partial charge < -0.3 is 39.4 Å². The van der Waals surface area contributed by atoms with Crippen molar-refractivity contribution in [2.75, 3.05) is 34.3 Å². The fraction of sp³-hybridized carbons (Fsp3) is 0.780. The van der Waals surface area contributed by atoms with Crippen LogP contribution >= 0.6 is 0 Å². The number of esters is 1. The third-order valence-electron chi connectivity index (χ3n) is 12.7. The molecule has 14 atom stereocenters. The second-order valence-electron chi connectivity index (χ2n) is 16.9. The third-order valence-corrected chi connectivity index (χ3v) is 12.7. The van der Waals surface area contributed by atoms with E-state index in [1.165, 1.54) is 19.6 Å². The van der Waals surface area contributed by atoms with Gasteiger partial charge in [0.15, 0.2) is 17.7 Å². The van der Waals surface area contributed by atoms with Crippen LogP contribution in [0.4, 0.5) is 9.18 Å². The van der Waals surface area contributed by atoms with Crippen LogP contribution < -0.4 is 5.73 Å². The topological polar surface area (TPSA) is 153 Å². The van der Waals surface area contributed by atoms with Crippen molar-refractivity contribution in [3.8, 4) is 0 Å². The number of ether oxygens (including phenoxy) is 5. The number of cyclic esters (lactones) is 1. The van der Waals surface area contributed by atoms with E-state index in [9.17, 15) is 19.5 Å². The number of alkyl halides is 1. The van der Waals surface area contributed by atoms with Gasteiger partial charge in [-0.25, -0.2) is 24.0 Å². The van der Waals surface area contributed by atoms with E-state index < -0.39 is 83.2 Å². The lowest BCUT2D eigenvalue weighted by atomic mass is 9.72. The van der Waals surface area contributed by atoms with Gasteiger partial charge in [0.05, 0.1) is 23.9 Å². The minimum atomic E-state index is -3.13. The molecule has 13 nitrogen and oxygen atoms in total. The molecule has 0 radical (unpaired) electrons. The second-order valence-corrected chi connectivity index (χ2v) is 16.9. The molecule has 3 heterocycles. The van der Waals surface area contributed by atoms with E-state index in [2.05, 4.69) is 12.1 Å². The standard InChI is InChI=1S/C41H67FN4O9/c1-13-45(21-17-20-29-18-15-14-16-19-29)46-33-26(4)31(43)24(2)23-39(7,51-12)35(54-36-32(47)30(44(10)11)22-25(3)52-36)27(5)34(48)40(8,42)37(49)53-28(6)41(33,9)55-38(46)50/h14-16,18-19,24-28,30-33,35-36,47H,13,17,20-23,43H2,1-12H3/t24-,25-,26+,27+,28-,30+,31?,32-,33-,35-,36+,39+,40?,41-/m1/s1. The van der Waals surface area contributed by atoms with Crippen LogP contribution in [0.3, 0.4) is 0 Å². The number of nitrogens with zero attached hydrogens (tertiary/aromatic N) is 3. The molecule has 2 unspecified atom stereocenters. The summed E-state index contributed by atoms with van der Waals surface area (Å²) in [6, 6.07) is 8.42. The van der Waals surface area contributed by atoms with E-state index >= 15 is 4.39 Å². The number of aryl methyl sites for hydroxylation is 1. The van der Waals surface area contributed by atoms with Gasteiger partial charge in [-0.1, -0.05) is 58.0 Å². The number of rotatable bonds is 10. The number of nitrogens with two attached hydrogens (primary N) is 1. The number of carbonyl (C=O) groups excluding carboxylic acids is 3. The Hall–Kier alpha value is -2.72. The van der Waals surface area contributed by atoms with Crippen LogP contribution in [0.5, 0.6) is 0 Å². The molecule has 0 aromatic heterocycles. The average molecular weight is 779 g/mol. The molecule has 14 heteroatoms. The Kier molecular flexibility index (Phi) is 14.6. The molecular weight excluding hydrogens is 711 g/mol. The lowest BCUT2D eigenvalue weighted by Gasteiger charge is -2.48. The number of fused-ring (bicyclic) bond motifs is 1. The van der Waals surface area contributed by atoms with Crippen molar-refractivity contribution < 1.29 is 47.6 Å². The number of Topliss-reactive ketones (excluding diaryl/α,β-unsaturated/α-hetero) is 1. The van der Waals surface area contributed by atoms with E-state index in [0.29, 0.717) is 19.5 Å². The fourth-order valence-corrected chi connectivity index (χ4v) is 9.00. The number of ketones is 1. The van der Waals surface area contributed by atoms with Gasteiger partial charge in [-0.05, 0) is 91.8 Å². The molecule has 4 rings (SSSR count). The maximum absolute atomic E-state index is 16.8. The maximum Gasteiger partial charge on any atom is 0.425 e. The van der Waals surface area contributed by atoms with Crippen molar-refractivity contribution >= 4 is 17.8 Å². The smallest absolute Gasteiger partial charge is 0.425 e. The van der Waals surface area contributed by atoms with Crippen LogP contribution in [0.25, 0.3) is 0 Å². The normalized spacial score (nSPS) is 40.9. The first-order valence-electron chi connectivity index (χ1n) is 19.9. The first-order chi connectivity index (χ1) is 25.6. The molecule has 55 heavy (non-hydrogen) atoms. The Morgan fingerprint density at radius 2 is 1.69 bits per heavy atom. The average Bonchev–Trinajstić information content (AvgIpc) is 3.42. The Balaban J connectivity index is 1.76. The van der Waals surface area contributed by atoms with E-state index in [-0.39, 0.29) is 24.5 Å². The predicted molar refractivity (Wildman–Crippen MR) is 205 cm³/mol. The lowest BCUT2D eigenvalue weighted by Crippen LogP contribution is -2.64. The molecule has 3 aliphatic heterocycles. The molecule has 312 valence electrons. The molecule has 1 aromatic rings. The second kappa shape index (κ2) is 17.8. The van der Waals surface area contributed by atoms with Crippen LogP contribution in [0.1, 0.15) is 87.1 Å². The summed E-state index contributed by atoms with van der Waals surface area (Å²) in [5.41, 5.74) is 2.43. The zero-order chi connectivity index (χ0) is 41.2. The fourth-order valence-electron chi connectivity index (χ4n) is 9.00. The van der Waals surface area contributed by atoms with Crippen molar-refractivity contribution in [1.82, 2.24) is 14.9 Å². The summed E-state index contributed by atoms with van der Waals surface area (Å²) in [6.45, 7) is 16.0. The summed E-state index contributed by atoms with van der Waals surface area (Å²) in [4.78, 5) is 43.9. The van der Waals surface area contributed by atoms with Crippen LogP contribution in [-0.4, -0.2) is 138 Å². The number of carbonyl (C=O) groups is 3. The van der Waals surface area contributed by atoms with Gasteiger partial charge >= 0.3 is 12.1 Å². The van der Waals surface area contributed by atoms with Crippen LogP contribution in [0.15, 0.2) is 30.3 Å². The van der Waals surface area contributed by atoms with E-state index in [1.54, 1.807) is 25.8 Å². The molecule has 0 spiro atoms. The van der Waals surface area contributed by atoms with Crippen molar-refractivity contribution in [2.24, 2.45) is 23.5 Å². The largest absolute Gasteiger partial charge is 0.456 e. The number of aliphatic hydroxyl groups is 1. The van der Waals surface area contributed by atoms with Crippen LogP contribution in [0.2, 0.25) is 0 Å². The summed E-state index contributed by atoms with van der Waals surface area (Å²) in [5, 5.41) is 14.9. The molecule has 1 amide bonds. The third kappa shape index (κ3) is 9.21. The summed E-state index contributed by atoms with van der Waals surface area (Å²) in [6.07, 6.45) is -3.32. The molecular formula is C41H67FN4O9. The SMILES string of the molecule is CCN(CCCc1ccccc1)N1C(=O)O[C@]2(C)[C@@H](C)OC(=O)C(C)(F)C(=O)[C@H](C)[C@@H](O[C@@H]3O[C@H](C)C[C@H](N(C)C)[C@H]3O)[C@@](C)(OC)C[C@@H](C)C(N)[C@H](C)[C@@H]12. The Labute approximate surface area is 327 Å². The van der Waals surface area contributed by atoms with Crippen molar-refractivity contribution in [3.63, 3.8) is 0 Å². The minimum Gasteiger partial charge on any atom is -0.456 e. The number of halogens is 1. The Bertz CT molecular complexity index is 1470. The van der Waals surface area contributed by atoms with Crippen LogP contribution in [-0.2, 0) is 39.7 Å². The molecule has 3 aliphatic rings. The highest BCUT2D eigenvalue weighted by molar-refractivity contribution is 6.07. The van der Waals surface area contributed by atoms with Gasteiger partial charge in [-0.15, -0.1) is 0 Å². The number of hydrogen-bond acceptors (Lipinski definition) is 12. The summed E-state index contributed by atoms with van der Waals surface area (Å²) < 4.78 is 47.6. The zero-order valence-corrected chi connectivity index (χ0v) is 35.0. The highest BCUT2D eigenvalue weighted by Gasteiger charge is 2.62. The molecule has 0 saturated carbocycles. The van der Waals surface area contributed by atoms with Gasteiger partial charge in [0.25, 0.3) is 5.67 Å². The van der Waals surface area contributed by atoms with Crippen LogP contribution in [0, 0.1) is 17.8 Å². The molecule has 3 N–H and O–H groups in total. The number of aliphatic hydroxyl groups excluding tert-OH is 1. The number of benzene rings is 1. The number of hydrogen-bond donors (Lipinski definition) is 2. The first-order valence-corrected chi connectivity index (χ1v) is 19.9. The summed E-state index contributed by atoms with van der Waals surface area (Å²) in [5.74, 6) is -4.58. The molecule has 0 aliphatic carbocycles. The monoisotopic (exact) mass is 778 g/mol. The summed E-state index contributed by atoms with van der Waals surface area (Å²) >= 11 is 0. The van der Waals surface area contributed by atoms with Crippen molar-refractivity contribution in [2.45, 2.75) is 154 Å². The van der Waals surface area contributed by atoms with E-state index in [4.69, 9.17) is 29.4 Å². The highest BCUT2D eigenvalue weighted by Crippen LogP contribution is 2.44. The molecule has 3 saturated heterocycles. The number of hydrazine groups is 1. The van der Waals surface area contributed by atoms with E-state index in [1.807, 2.05) is 69.9 Å². The number of methoxy groups -OCH3 is 1. The van der Waals surface area contributed by atoms with Crippen molar-refractivity contribution in [1.29, 1.82) is 0 Å². The maximum atomic E-state index is 16.8. The Morgan fingerprint density at radius 3 is 2.27 bits per heavy atom. The van der Waals surface area contributed by atoms with Gasteiger partial charge in [-0.3, -0.25) is 4.79 Å². The van der Waals surface area contributed by atoms with Gasteiger partial charge in [0, 0.05) is 38.2 Å². The quantitative estimate of drug-likeness (QED) is 0.254. The van der Waals surface area contributed by atoms with Gasteiger partial charge in [0.1, 0.15) is 12.2 Å². The van der Waals surface area contributed by atoms with Crippen molar-refractivity contribution in [3.05, 3.63) is 35.9 Å². The van der Waals surface area contributed by atoms with Gasteiger partial charge in [-0.2, -0.15) is 0 Å². The van der Waals surface area contributed by atoms with E-state index in [0.717, 1.165) is 19.8 Å². The summed E-state index contributed by atoms with van der Waals surface area (Å²) in [7, 11) is 5.17.